The smallest absolute Gasteiger partial charge is 0.0624 e. The van der Waals surface area contributed by atoms with Crippen LogP contribution in [0.3, 0.4) is 0 Å². The molecule has 0 fully saturated rings. The van der Waals surface area contributed by atoms with Gasteiger partial charge in [0.05, 0.1) is 10.0 Å². The van der Waals surface area contributed by atoms with Crippen LogP contribution in [0.4, 0.5) is 0 Å². The zero-order valence-corrected chi connectivity index (χ0v) is 12.0. The average molecular weight is 292 g/mol. The van der Waals surface area contributed by atoms with Gasteiger partial charge in [0.1, 0.15) is 0 Å². The van der Waals surface area contributed by atoms with Crippen LogP contribution in [-0.4, -0.2) is 23.2 Å². The Labute approximate surface area is 118 Å². The summed E-state index contributed by atoms with van der Waals surface area (Å²) in [4.78, 5) is 0. The molecule has 1 aromatic carbocycles. The fourth-order valence-electron chi connectivity index (χ4n) is 1.42. The Bertz CT molecular complexity index is 331. The number of aliphatic hydroxyl groups excluding tert-OH is 1. The first kappa shape index (κ1) is 15.2. The van der Waals surface area contributed by atoms with Gasteiger partial charge < -0.3 is 5.11 Å². The van der Waals surface area contributed by atoms with Crippen molar-refractivity contribution >= 4 is 35.0 Å². The summed E-state index contributed by atoms with van der Waals surface area (Å²) in [6.07, 6.45) is 5.06. The molecule has 1 radical (unpaired) electrons. The number of hydrogen-bond acceptors (Lipinski definition) is 2. The van der Waals surface area contributed by atoms with Gasteiger partial charge in [0.2, 0.25) is 0 Å². The predicted octanol–water partition coefficient (Wildman–Crippen LogP) is 4.25. The van der Waals surface area contributed by atoms with E-state index in [-0.39, 0.29) is 6.61 Å². The summed E-state index contributed by atoms with van der Waals surface area (Å²) in [5.41, 5.74) is 1.11. The molecule has 17 heavy (non-hydrogen) atoms. The molecule has 0 unspecified atom stereocenters. The second-order valence-electron chi connectivity index (χ2n) is 3.69. The van der Waals surface area contributed by atoms with Crippen LogP contribution in [0.2, 0.25) is 10.0 Å². The van der Waals surface area contributed by atoms with E-state index >= 15 is 0 Å². The van der Waals surface area contributed by atoms with Gasteiger partial charge in [-0.05, 0) is 48.8 Å². The number of hydrogen-bond donors (Lipinski definition) is 1. The Kier molecular flexibility index (Phi) is 8.12. The van der Waals surface area contributed by atoms with Crippen molar-refractivity contribution < 1.29 is 5.11 Å². The van der Waals surface area contributed by atoms with Crippen molar-refractivity contribution in [3.8, 4) is 0 Å². The van der Waals surface area contributed by atoms with Gasteiger partial charge in [0.15, 0.2) is 0 Å². The molecule has 1 rings (SSSR count). The van der Waals surface area contributed by atoms with E-state index in [1.54, 1.807) is 0 Å². The SMILES string of the molecule is OCCCSC[CH]CCc1cccc(Cl)c1Cl. The van der Waals surface area contributed by atoms with Crippen molar-refractivity contribution in [1.82, 2.24) is 0 Å². The minimum atomic E-state index is 0.283. The Morgan fingerprint density at radius 3 is 2.88 bits per heavy atom. The summed E-state index contributed by atoms with van der Waals surface area (Å²) in [7, 11) is 0. The number of benzene rings is 1. The van der Waals surface area contributed by atoms with Crippen molar-refractivity contribution in [3.05, 3.63) is 40.2 Å². The first-order valence-electron chi connectivity index (χ1n) is 5.69. The fraction of sp³-hybridized carbons (Fsp3) is 0.462. The summed E-state index contributed by atoms with van der Waals surface area (Å²) >= 11 is 13.9. The molecule has 95 valence electrons. The zero-order valence-electron chi connectivity index (χ0n) is 9.66. The average Bonchev–Trinajstić information content (AvgIpc) is 2.33. The minimum absolute atomic E-state index is 0.283. The minimum Gasteiger partial charge on any atom is -0.396 e. The summed E-state index contributed by atoms with van der Waals surface area (Å²) in [6, 6.07) is 5.75. The van der Waals surface area contributed by atoms with Crippen molar-refractivity contribution in [1.29, 1.82) is 0 Å². The van der Waals surface area contributed by atoms with Crippen molar-refractivity contribution in [2.75, 3.05) is 18.1 Å². The highest BCUT2D eigenvalue weighted by molar-refractivity contribution is 7.99. The van der Waals surface area contributed by atoms with Crippen molar-refractivity contribution in [2.45, 2.75) is 19.3 Å². The number of unbranched alkanes of at least 4 members (excludes halogenated alkanes) is 1. The summed E-state index contributed by atoms with van der Waals surface area (Å²) in [5.74, 6) is 2.04. The Morgan fingerprint density at radius 2 is 2.12 bits per heavy atom. The molecule has 0 spiro atoms. The molecule has 0 aliphatic heterocycles. The van der Waals surface area contributed by atoms with Gasteiger partial charge in [-0.3, -0.25) is 0 Å². The number of thioether (sulfide) groups is 1. The van der Waals surface area contributed by atoms with E-state index in [1.165, 1.54) is 0 Å². The standard InChI is InChI=1S/C13H17Cl2OS/c14-12-7-3-6-11(13(12)15)5-1-2-9-17-10-4-8-16/h2-3,6-7,16H,1,4-5,8-10H2. The van der Waals surface area contributed by atoms with Gasteiger partial charge in [0.25, 0.3) is 0 Å². The molecular weight excluding hydrogens is 275 g/mol. The lowest BCUT2D eigenvalue weighted by Gasteiger charge is -2.05. The van der Waals surface area contributed by atoms with Crippen LogP contribution in [0.1, 0.15) is 18.4 Å². The maximum Gasteiger partial charge on any atom is 0.0624 e. The summed E-state index contributed by atoms with van der Waals surface area (Å²) in [5, 5.41) is 9.93. The number of rotatable bonds is 8. The van der Waals surface area contributed by atoms with Crippen LogP contribution in [0, 0.1) is 6.42 Å². The predicted molar refractivity (Wildman–Crippen MR) is 78.1 cm³/mol. The van der Waals surface area contributed by atoms with E-state index in [2.05, 4.69) is 6.42 Å². The van der Waals surface area contributed by atoms with Gasteiger partial charge in [-0.1, -0.05) is 35.3 Å². The lowest BCUT2D eigenvalue weighted by Crippen LogP contribution is -1.92. The molecule has 1 N–H and O–H groups in total. The van der Waals surface area contributed by atoms with Gasteiger partial charge >= 0.3 is 0 Å². The van der Waals surface area contributed by atoms with E-state index < -0.39 is 0 Å². The van der Waals surface area contributed by atoms with Crippen LogP contribution < -0.4 is 0 Å². The molecule has 0 heterocycles. The van der Waals surface area contributed by atoms with E-state index in [0.29, 0.717) is 10.0 Å². The molecule has 0 atom stereocenters. The zero-order chi connectivity index (χ0) is 12.5. The van der Waals surface area contributed by atoms with E-state index in [4.69, 9.17) is 28.3 Å². The summed E-state index contributed by atoms with van der Waals surface area (Å²) < 4.78 is 0. The van der Waals surface area contributed by atoms with E-state index in [1.807, 2.05) is 30.0 Å². The molecule has 0 aliphatic carbocycles. The third kappa shape index (κ3) is 6.01. The molecule has 1 aromatic rings. The molecule has 0 saturated heterocycles. The quantitative estimate of drug-likeness (QED) is 0.723. The van der Waals surface area contributed by atoms with Crippen LogP contribution in [0.5, 0.6) is 0 Å². The van der Waals surface area contributed by atoms with Gasteiger partial charge in [-0.2, -0.15) is 11.8 Å². The number of aryl methyl sites for hydroxylation is 1. The number of aliphatic hydroxyl groups is 1. The van der Waals surface area contributed by atoms with Crippen LogP contribution >= 0.6 is 35.0 Å². The number of halogens is 2. The van der Waals surface area contributed by atoms with Gasteiger partial charge in [0, 0.05) is 6.61 Å². The van der Waals surface area contributed by atoms with Crippen LogP contribution in [0.25, 0.3) is 0 Å². The molecule has 0 saturated carbocycles. The molecule has 1 nitrogen and oxygen atoms in total. The molecule has 0 aliphatic rings. The largest absolute Gasteiger partial charge is 0.396 e. The third-order valence-electron chi connectivity index (χ3n) is 2.33. The maximum atomic E-state index is 8.62. The van der Waals surface area contributed by atoms with Crippen molar-refractivity contribution in [3.63, 3.8) is 0 Å². The second kappa shape index (κ2) is 9.09. The fourth-order valence-corrected chi connectivity index (χ4v) is 2.66. The van der Waals surface area contributed by atoms with E-state index in [0.717, 1.165) is 36.3 Å². The lowest BCUT2D eigenvalue weighted by atomic mass is 10.1. The third-order valence-corrected chi connectivity index (χ3v) is 4.24. The maximum absolute atomic E-state index is 8.62. The Morgan fingerprint density at radius 1 is 1.29 bits per heavy atom. The Balaban J connectivity index is 2.16. The van der Waals surface area contributed by atoms with Gasteiger partial charge in [-0.15, -0.1) is 0 Å². The second-order valence-corrected chi connectivity index (χ2v) is 5.63. The van der Waals surface area contributed by atoms with Crippen molar-refractivity contribution in [2.24, 2.45) is 0 Å². The highest BCUT2D eigenvalue weighted by atomic mass is 35.5. The molecular formula is C13H17Cl2OS. The highest BCUT2D eigenvalue weighted by Gasteiger charge is 2.03. The Hall–Kier alpha value is 0.110. The normalized spacial score (nSPS) is 10.8. The van der Waals surface area contributed by atoms with Gasteiger partial charge in [-0.25, -0.2) is 0 Å². The first-order valence-corrected chi connectivity index (χ1v) is 7.60. The van der Waals surface area contributed by atoms with Crippen LogP contribution in [-0.2, 0) is 6.42 Å². The first-order chi connectivity index (χ1) is 8.25. The monoisotopic (exact) mass is 291 g/mol. The highest BCUT2D eigenvalue weighted by Crippen LogP contribution is 2.26. The molecule has 0 aromatic heterocycles. The van der Waals surface area contributed by atoms with E-state index in [9.17, 15) is 0 Å². The summed E-state index contributed by atoms with van der Waals surface area (Å²) in [6.45, 7) is 0.283. The lowest BCUT2D eigenvalue weighted by molar-refractivity contribution is 0.296. The topological polar surface area (TPSA) is 20.2 Å². The molecule has 0 amide bonds. The van der Waals surface area contributed by atoms with Crippen LogP contribution in [0.15, 0.2) is 18.2 Å². The molecule has 0 bridgehead atoms. The molecule has 4 heteroatoms.